The largest absolute Gasteiger partial charge is 0.463 e. The van der Waals surface area contributed by atoms with Crippen molar-refractivity contribution in [3.05, 3.63) is 0 Å². The van der Waals surface area contributed by atoms with E-state index < -0.39 is 10.8 Å². The van der Waals surface area contributed by atoms with Crippen molar-refractivity contribution in [3.8, 4) is 6.01 Å². The predicted molar refractivity (Wildman–Crippen MR) is 81.8 cm³/mol. The van der Waals surface area contributed by atoms with Crippen LogP contribution in [0.15, 0.2) is 0 Å². The first-order valence-electron chi connectivity index (χ1n) is 6.74. The minimum absolute atomic E-state index is 0.0109. The fourth-order valence-corrected chi connectivity index (χ4v) is 2.32. The van der Waals surface area contributed by atoms with Gasteiger partial charge in [0.25, 0.3) is 0 Å². The molecule has 8 heteroatoms. The molecular formula is C12H23N5O2S. The van der Waals surface area contributed by atoms with Crippen LogP contribution in [0, 0.1) is 0 Å². The Morgan fingerprint density at radius 2 is 1.95 bits per heavy atom. The highest BCUT2D eigenvalue weighted by Gasteiger charge is 2.10. The number of hydrogen-bond acceptors (Lipinski definition) is 7. The van der Waals surface area contributed by atoms with Crippen molar-refractivity contribution >= 4 is 22.7 Å². The van der Waals surface area contributed by atoms with E-state index in [0.29, 0.717) is 36.8 Å². The van der Waals surface area contributed by atoms with Crippen molar-refractivity contribution < 1.29 is 8.95 Å². The number of nitrogens with zero attached hydrogens (tertiary/aromatic N) is 3. The van der Waals surface area contributed by atoms with E-state index in [9.17, 15) is 4.21 Å². The number of anilines is 2. The third kappa shape index (κ3) is 6.14. The molecule has 0 fully saturated rings. The lowest BCUT2D eigenvalue weighted by Crippen LogP contribution is -2.24. The van der Waals surface area contributed by atoms with Crippen LogP contribution in [-0.4, -0.2) is 50.4 Å². The van der Waals surface area contributed by atoms with Gasteiger partial charge in [0.15, 0.2) is 0 Å². The Morgan fingerprint density at radius 1 is 1.25 bits per heavy atom. The second-order valence-electron chi connectivity index (χ2n) is 4.43. The van der Waals surface area contributed by atoms with Gasteiger partial charge < -0.3 is 15.4 Å². The molecule has 2 unspecified atom stereocenters. The third-order valence-corrected chi connectivity index (χ3v) is 3.21. The van der Waals surface area contributed by atoms with Crippen LogP contribution in [0.5, 0.6) is 6.01 Å². The van der Waals surface area contributed by atoms with Crippen molar-refractivity contribution in [2.75, 3.05) is 35.8 Å². The Balaban J connectivity index is 2.81. The topological polar surface area (TPSA) is 89.0 Å². The maximum atomic E-state index is 11.2. The molecule has 0 saturated carbocycles. The van der Waals surface area contributed by atoms with E-state index in [1.54, 1.807) is 6.26 Å². The zero-order valence-electron chi connectivity index (χ0n) is 12.5. The summed E-state index contributed by atoms with van der Waals surface area (Å²) in [5, 5.41) is 6.15. The van der Waals surface area contributed by atoms with Crippen LogP contribution in [0.2, 0.25) is 0 Å². The first kappa shape index (κ1) is 16.6. The SMILES string of the molecule is CCCOc1nc(NCC)nc(NC(C)CS(C)=O)n1. The summed E-state index contributed by atoms with van der Waals surface area (Å²) in [6.07, 6.45) is 2.56. The molecule has 0 amide bonds. The zero-order chi connectivity index (χ0) is 15.0. The Bertz CT molecular complexity index is 444. The van der Waals surface area contributed by atoms with E-state index in [2.05, 4.69) is 25.6 Å². The highest BCUT2D eigenvalue weighted by molar-refractivity contribution is 7.84. The van der Waals surface area contributed by atoms with E-state index in [0.717, 1.165) is 6.42 Å². The van der Waals surface area contributed by atoms with E-state index in [-0.39, 0.29) is 6.04 Å². The molecule has 1 rings (SSSR count). The molecule has 1 aromatic heterocycles. The molecule has 0 radical (unpaired) electrons. The average Bonchev–Trinajstić information content (AvgIpc) is 2.35. The molecule has 0 saturated heterocycles. The van der Waals surface area contributed by atoms with Gasteiger partial charge in [0, 0.05) is 35.4 Å². The Labute approximate surface area is 122 Å². The van der Waals surface area contributed by atoms with Gasteiger partial charge in [0.05, 0.1) is 6.61 Å². The van der Waals surface area contributed by atoms with Gasteiger partial charge >= 0.3 is 6.01 Å². The van der Waals surface area contributed by atoms with Gasteiger partial charge in [-0.3, -0.25) is 4.21 Å². The van der Waals surface area contributed by atoms with Crippen molar-refractivity contribution in [1.82, 2.24) is 15.0 Å². The molecule has 0 aliphatic rings. The van der Waals surface area contributed by atoms with Gasteiger partial charge in [-0.1, -0.05) is 6.92 Å². The minimum atomic E-state index is -0.869. The molecule has 1 aromatic rings. The third-order valence-electron chi connectivity index (χ3n) is 2.25. The van der Waals surface area contributed by atoms with Gasteiger partial charge in [-0.2, -0.15) is 15.0 Å². The number of aromatic nitrogens is 3. The molecule has 0 spiro atoms. The second-order valence-corrected chi connectivity index (χ2v) is 5.91. The molecular weight excluding hydrogens is 278 g/mol. The van der Waals surface area contributed by atoms with E-state index in [4.69, 9.17) is 4.74 Å². The maximum absolute atomic E-state index is 11.2. The van der Waals surface area contributed by atoms with Crippen LogP contribution in [0.1, 0.15) is 27.2 Å². The van der Waals surface area contributed by atoms with Crippen LogP contribution >= 0.6 is 0 Å². The Morgan fingerprint density at radius 3 is 2.55 bits per heavy atom. The lowest BCUT2D eigenvalue weighted by molar-refractivity contribution is 0.292. The molecule has 0 aliphatic heterocycles. The van der Waals surface area contributed by atoms with Gasteiger partial charge in [-0.15, -0.1) is 0 Å². The molecule has 0 aliphatic carbocycles. The minimum Gasteiger partial charge on any atom is -0.463 e. The number of ether oxygens (including phenoxy) is 1. The molecule has 2 atom stereocenters. The predicted octanol–water partition coefficient (Wildman–Crippen LogP) is 1.27. The monoisotopic (exact) mass is 301 g/mol. The molecule has 0 aromatic carbocycles. The lowest BCUT2D eigenvalue weighted by atomic mass is 10.4. The van der Waals surface area contributed by atoms with Crippen molar-refractivity contribution in [3.63, 3.8) is 0 Å². The summed E-state index contributed by atoms with van der Waals surface area (Å²) in [5.41, 5.74) is 0. The summed E-state index contributed by atoms with van der Waals surface area (Å²) >= 11 is 0. The first-order valence-corrected chi connectivity index (χ1v) is 8.47. The van der Waals surface area contributed by atoms with Gasteiger partial charge in [-0.25, -0.2) is 0 Å². The van der Waals surface area contributed by atoms with Crippen LogP contribution < -0.4 is 15.4 Å². The molecule has 7 nitrogen and oxygen atoms in total. The normalized spacial score (nSPS) is 13.6. The number of hydrogen-bond donors (Lipinski definition) is 2. The highest BCUT2D eigenvalue weighted by Crippen LogP contribution is 2.12. The zero-order valence-corrected chi connectivity index (χ0v) is 13.3. The standard InChI is InChI=1S/C12H23N5O2S/c1-5-7-19-12-16-10(13-6-2)15-11(17-12)14-9(3)8-20(4)18/h9H,5-8H2,1-4H3,(H2,13,14,15,16,17). The summed E-state index contributed by atoms with van der Waals surface area (Å²) in [5.74, 6) is 1.44. The fourth-order valence-electron chi connectivity index (χ4n) is 1.53. The molecule has 1 heterocycles. The fraction of sp³-hybridized carbons (Fsp3) is 0.750. The summed E-state index contributed by atoms with van der Waals surface area (Å²) in [6, 6.07) is 0.307. The van der Waals surface area contributed by atoms with Crippen LogP contribution in [0.3, 0.4) is 0 Å². The smallest absolute Gasteiger partial charge is 0.323 e. The second kappa shape index (κ2) is 8.68. The Kier molecular flexibility index (Phi) is 7.21. The molecule has 2 N–H and O–H groups in total. The quantitative estimate of drug-likeness (QED) is 0.710. The van der Waals surface area contributed by atoms with Crippen molar-refractivity contribution in [1.29, 1.82) is 0 Å². The molecule has 0 bridgehead atoms. The lowest BCUT2D eigenvalue weighted by Gasteiger charge is -2.14. The van der Waals surface area contributed by atoms with Crippen molar-refractivity contribution in [2.45, 2.75) is 33.2 Å². The number of nitrogens with one attached hydrogen (secondary N) is 2. The van der Waals surface area contributed by atoms with Crippen molar-refractivity contribution in [2.24, 2.45) is 0 Å². The molecule has 20 heavy (non-hydrogen) atoms. The number of rotatable bonds is 9. The summed E-state index contributed by atoms with van der Waals surface area (Å²) in [7, 11) is -0.869. The Hall–Kier alpha value is -1.44. The summed E-state index contributed by atoms with van der Waals surface area (Å²) in [6.45, 7) is 7.19. The maximum Gasteiger partial charge on any atom is 0.323 e. The van der Waals surface area contributed by atoms with Gasteiger partial charge in [0.2, 0.25) is 11.9 Å². The van der Waals surface area contributed by atoms with E-state index in [1.807, 2.05) is 20.8 Å². The van der Waals surface area contributed by atoms with Gasteiger partial charge in [0.1, 0.15) is 0 Å². The van der Waals surface area contributed by atoms with E-state index >= 15 is 0 Å². The van der Waals surface area contributed by atoms with Crippen LogP contribution in [0.25, 0.3) is 0 Å². The molecule has 114 valence electrons. The van der Waals surface area contributed by atoms with E-state index in [1.165, 1.54) is 0 Å². The van der Waals surface area contributed by atoms with Gasteiger partial charge in [-0.05, 0) is 20.3 Å². The summed E-state index contributed by atoms with van der Waals surface area (Å²) < 4.78 is 16.6. The highest BCUT2D eigenvalue weighted by atomic mass is 32.2. The van der Waals surface area contributed by atoms with Crippen LogP contribution in [0.4, 0.5) is 11.9 Å². The summed E-state index contributed by atoms with van der Waals surface area (Å²) in [4.78, 5) is 12.6. The first-order chi connectivity index (χ1) is 9.55. The average molecular weight is 301 g/mol. The van der Waals surface area contributed by atoms with Crippen LogP contribution in [-0.2, 0) is 10.8 Å².